The van der Waals surface area contributed by atoms with E-state index >= 15 is 0 Å². The van der Waals surface area contributed by atoms with Gasteiger partial charge in [0, 0.05) is 25.6 Å². The summed E-state index contributed by atoms with van der Waals surface area (Å²) >= 11 is 0. The first kappa shape index (κ1) is 21.6. The number of ether oxygens (including phenoxy) is 2. The molecule has 7 heteroatoms. The Labute approximate surface area is 185 Å². The van der Waals surface area contributed by atoms with Crippen LogP contribution in [0.2, 0.25) is 0 Å². The van der Waals surface area contributed by atoms with Crippen LogP contribution in [-0.2, 0) is 9.53 Å². The van der Waals surface area contributed by atoms with Gasteiger partial charge in [0.1, 0.15) is 0 Å². The van der Waals surface area contributed by atoms with Crippen molar-refractivity contribution in [3.05, 3.63) is 76.8 Å². The third kappa shape index (κ3) is 3.65. The van der Waals surface area contributed by atoms with Crippen LogP contribution in [0.5, 0.6) is 5.75 Å². The van der Waals surface area contributed by atoms with Crippen molar-refractivity contribution in [3.8, 4) is 5.75 Å². The maximum Gasteiger partial charge on any atom is 0.290 e. The molecule has 0 spiro atoms. The second-order valence-corrected chi connectivity index (χ2v) is 7.68. The predicted molar refractivity (Wildman–Crippen MR) is 119 cm³/mol. The largest absolute Gasteiger partial charge is 0.503 e. The number of carbonyl (C=O) groups excluding carboxylic acids is 2. The molecule has 1 unspecified atom stereocenters. The van der Waals surface area contributed by atoms with Crippen LogP contribution in [-0.4, -0.2) is 49.1 Å². The number of aliphatic hydroxyl groups excluding tert-OH is 1. The van der Waals surface area contributed by atoms with Crippen molar-refractivity contribution in [1.29, 1.82) is 0 Å². The number of Topliss-reactive ketones (excluding diaryl/α,β-unsaturated/α-hetero) is 1. The van der Waals surface area contributed by atoms with Gasteiger partial charge in [-0.3, -0.25) is 9.59 Å². The maximum atomic E-state index is 13.6. The molecule has 1 aliphatic heterocycles. The fraction of sp³-hybridized carbons (Fsp3) is 0.280. The minimum Gasteiger partial charge on any atom is -0.503 e. The van der Waals surface area contributed by atoms with Gasteiger partial charge in [0.15, 0.2) is 22.9 Å². The number of hydrogen-bond acceptors (Lipinski definition) is 6. The fourth-order valence-electron chi connectivity index (χ4n) is 4.15. The van der Waals surface area contributed by atoms with Crippen LogP contribution in [0.25, 0.3) is 11.0 Å². The first-order valence-corrected chi connectivity index (χ1v) is 10.4. The van der Waals surface area contributed by atoms with Crippen LogP contribution in [0.4, 0.5) is 0 Å². The van der Waals surface area contributed by atoms with Gasteiger partial charge in [0.2, 0.25) is 5.78 Å². The lowest BCUT2D eigenvalue weighted by molar-refractivity contribution is -0.129. The van der Waals surface area contributed by atoms with E-state index in [0.717, 1.165) is 11.1 Å². The number of carbonyl (C=O) groups is 2. The molecule has 166 valence electrons. The van der Waals surface area contributed by atoms with Crippen molar-refractivity contribution in [2.24, 2.45) is 0 Å². The summed E-state index contributed by atoms with van der Waals surface area (Å²) < 4.78 is 16.3. The van der Waals surface area contributed by atoms with Gasteiger partial charge in [0.05, 0.1) is 18.7 Å². The van der Waals surface area contributed by atoms with Crippen molar-refractivity contribution in [3.63, 3.8) is 0 Å². The normalized spacial score (nSPS) is 16.3. The summed E-state index contributed by atoms with van der Waals surface area (Å²) in [5.74, 6) is -1.12. The molecule has 1 aromatic heterocycles. The van der Waals surface area contributed by atoms with E-state index < -0.39 is 23.5 Å². The van der Waals surface area contributed by atoms with E-state index in [1.54, 1.807) is 25.3 Å². The van der Waals surface area contributed by atoms with Crippen molar-refractivity contribution < 1.29 is 28.6 Å². The number of benzene rings is 2. The lowest BCUT2D eigenvalue weighted by Gasteiger charge is -2.27. The lowest BCUT2D eigenvalue weighted by Crippen LogP contribution is -2.33. The van der Waals surface area contributed by atoms with Gasteiger partial charge in [-0.25, -0.2) is 0 Å². The summed E-state index contributed by atoms with van der Waals surface area (Å²) in [5.41, 5.74) is 2.14. The topological polar surface area (TPSA) is 89.2 Å². The summed E-state index contributed by atoms with van der Waals surface area (Å²) in [7, 11) is 3.11. The van der Waals surface area contributed by atoms with Gasteiger partial charge >= 0.3 is 0 Å². The highest BCUT2D eigenvalue weighted by molar-refractivity contribution is 6.16. The Kier molecular flexibility index (Phi) is 6.01. The fourth-order valence-corrected chi connectivity index (χ4v) is 4.15. The van der Waals surface area contributed by atoms with Crippen molar-refractivity contribution in [1.82, 2.24) is 4.90 Å². The number of ketones is 1. The van der Waals surface area contributed by atoms with Gasteiger partial charge in [-0.05, 0) is 36.6 Å². The molecule has 0 bridgehead atoms. The summed E-state index contributed by atoms with van der Waals surface area (Å²) in [6.45, 7) is 2.70. The highest BCUT2D eigenvalue weighted by atomic mass is 16.5. The molecular formula is C25H25NO6. The number of aryl methyl sites for hydroxylation is 1. The standard InChI is InChI=1S/C25H25NO6/c1-15-8-4-5-10-17(15)21-20(23(28)25(29)26(21)12-7-13-30-2)22(27)19-14-16-9-6-11-18(31-3)24(16)32-19/h4-6,8-11,14,21,28H,7,12-13H2,1-3H3. The summed E-state index contributed by atoms with van der Waals surface area (Å²) in [5, 5.41) is 11.5. The number of hydrogen-bond donors (Lipinski definition) is 1. The second kappa shape index (κ2) is 8.88. The number of aliphatic hydroxyl groups is 1. The van der Waals surface area contributed by atoms with Gasteiger partial charge in [-0.15, -0.1) is 0 Å². The Morgan fingerprint density at radius 2 is 1.94 bits per heavy atom. The average Bonchev–Trinajstić information content (AvgIpc) is 3.34. The minimum absolute atomic E-state index is 0.0136. The average molecular weight is 435 g/mol. The smallest absolute Gasteiger partial charge is 0.290 e. The Balaban J connectivity index is 1.80. The van der Waals surface area contributed by atoms with Crippen LogP contribution in [0.1, 0.15) is 34.1 Å². The van der Waals surface area contributed by atoms with Gasteiger partial charge in [0.25, 0.3) is 5.91 Å². The molecule has 3 aromatic rings. The first-order valence-electron chi connectivity index (χ1n) is 10.4. The number of rotatable bonds is 8. The van der Waals surface area contributed by atoms with E-state index in [9.17, 15) is 14.7 Å². The second-order valence-electron chi connectivity index (χ2n) is 7.68. The van der Waals surface area contributed by atoms with E-state index in [4.69, 9.17) is 13.9 Å². The van der Waals surface area contributed by atoms with E-state index in [-0.39, 0.29) is 11.3 Å². The number of para-hydroxylation sites is 1. The molecule has 1 N–H and O–H groups in total. The van der Waals surface area contributed by atoms with Crippen LogP contribution < -0.4 is 4.74 Å². The Morgan fingerprint density at radius 1 is 1.16 bits per heavy atom. The zero-order valence-corrected chi connectivity index (χ0v) is 18.3. The van der Waals surface area contributed by atoms with E-state index in [1.807, 2.05) is 37.3 Å². The van der Waals surface area contributed by atoms with Crippen LogP contribution >= 0.6 is 0 Å². The number of methoxy groups -OCH3 is 2. The molecule has 0 saturated heterocycles. The van der Waals surface area contributed by atoms with Gasteiger partial charge < -0.3 is 23.9 Å². The molecule has 1 amide bonds. The molecule has 1 aliphatic rings. The molecule has 7 nitrogen and oxygen atoms in total. The van der Waals surface area contributed by atoms with Crippen molar-refractivity contribution >= 4 is 22.7 Å². The highest BCUT2D eigenvalue weighted by Gasteiger charge is 2.44. The first-order chi connectivity index (χ1) is 15.5. The number of nitrogens with zero attached hydrogens (tertiary/aromatic N) is 1. The molecular weight excluding hydrogens is 410 g/mol. The molecule has 4 rings (SSSR count). The summed E-state index contributed by atoms with van der Waals surface area (Å²) in [6, 6.07) is 13.8. The third-order valence-corrected chi connectivity index (χ3v) is 5.73. The SMILES string of the molecule is COCCCN1C(=O)C(O)=C(C(=O)c2cc3cccc(OC)c3o2)C1c1ccccc1C. The summed E-state index contributed by atoms with van der Waals surface area (Å²) in [4.78, 5) is 28.1. The number of furan rings is 1. The highest BCUT2D eigenvalue weighted by Crippen LogP contribution is 2.41. The van der Waals surface area contributed by atoms with Crippen molar-refractivity contribution in [2.45, 2.75) is 19.4 Å². The van der Waals surface area contributed by atoms with Gasteiger partial charge in [-0.2, -0.15) is 0 Å². The minimum atomic E-state index is -0.719. The molecule has 2 heterocycles. The molecule has 0 fully saturated rings. The Morgan fingerprint density at radius 3 is 2.66 bits per heavy atom. The van der Waals surface area contributed by atoms with E-state index in [0.29, 0.717) is 36.3 Å². The van der Waals surface area contributed by atoms with Gasteiger partial charge in [-0.1, -0.05) is 36.4 Å². The third-order valence-electron chi connectivity index (χ3n) is 5.73. The zero-order valence-electron chi connectivity index (χ0n) is 18.3. The van der Waals surface area contributed by atoms with E-state index in [1.165, 1.54) is 12.0 Å². The number of amides is 1. The Bertz CT molecular complexity index is 1210. The Hall–Kier alpha value is -3.58. The van der Waals surface area contributed by atoms with Crippen LogP contribution in [0.3, 0.4) is 0 Å². The summed E-state index contributed by atoms with van der Waals surface area (Å²) in [6.07, 6.45) is 0.571. The zero-order chi connectivity index (χ0) is 22.8. The number of fused-ring (bicyclic) bond motifs is 1. The quantitative estimate of drug-likeness (QED) is 0.418. The van der Waals surface area contributed by atoms with Crippen LogP contribution in [0, 0.1) is 6.92 Å². The molecule has 0 radical (unpaired) electrons. The molecule has 1 atom stereocenters. The van der Waals surface area contributed by atoms with Crippen LogP contribution in [0.15, 0.2) is 64.3 Å². The molecule has 0 aliphatic carbocycles. The van der Waals surface area contributed by atoms with E-state index in [2.05, 4.69) is 0 Å². The molecule has 0 saturated carbocycles. The molecule has 32 heavy (non-hydrogen) atoms. The predicted octanol–water partition coefficient (Wildman–Crippen LogP) is 4.36. The van der Waals surface area contributed by atoms with Crippen molar-refractivity contribution in [2.75, 3.05) is 27.4 Å². The lowest BCUT2D eigenvalue weighted by atomic mass is 9.92. The maximum absolute atomic E-state index is 13.6. The monoisotopic (exact) mass is 435 g/mol. The molecule has 2 aromatic carbocycles.